The molecule has 1 heterocycles. The number of nitrogens with zero attached hydrogens (tertiary/aromatic N) is 1. The average molecular weight is 199 g/mol. The Morgan fingerprint density at radius 2 is 2.15 bits per heavy atom. The Bertz CT molecular complexity index is 257. The molecule has 1 N–H and O–H groups in total. The van der Waals surface area contributed by atoms with Crippen LogP contribution in [-0.4, -0.2) is 16.7 Å². The second-order valence-electron chi connectivity index (χ2n) is 3.85. The molecule has 2 nitrogen and oxygen atoms in total. The van der Waals surface area contributed by atoms with Crippen LogP contribution in [0.4, 0.5) is 0 Å². The fraction of sp³-hybridized carbons (Fsp3) is 0.700. The summed E-state index contributed by atoms with van der Waals surface area (Å²) in [7, 11) is 0. The molecule has 1 aromatic rings. The molecular weight excluding hydrogens is 182 g/mol. The fourth-order valence-corrected chi connectivity index (χ4v) is 2.22. The van der Waals surface area contributed by atoms with Crippen LogP contribution in [0.15, 0.2) is 5.38 Å². The summed E-state index contributed by atoms with van der Waals surface area (Å²) in [5.41, 5.74) is 1.03. The predicted molar refractivity (Wildman–Crippen MR) is 56.2 cm³/mol. The molecule has 1 rings (SSSR count). The van der Waals surface area contributed by atoms with Crippen molar-refractivity contribution in [3.63, 3.8) is 0 Å². The second kappa shape index (κ2) is 4.72. The normalized spacial score (nSPS) is 13.6. The molecule has 0 fully saturated rings. The number of hydrogen-bond donors (Lipinski definition) is 1. The molecule has 74 valence electrons. The quantitative estimate of drug-likeness (QED) is 0.808. The van der Waals surface area contributed by atoms with E-state index in [0.29, 0.717) is 5.92 Å². The van der Waals surface area contributed by atoms with Crippen LogP contribution in [0.1, 0.15) is 37.4 Å². The summed E-state index contributed by atoms with van der Waals surface area (Å²) in [5.74, 6) is 0.834. The molecule has 13 heavy (non-hydrogen) atoms. The van der Waals surface area contributed by atoms with E-state index in [4.69, 9.17) is 5.11 Å². The Labute approximate surface area is 83.6 Å². The van der Waals surface area contributed by atoms with Crippen molar-refractivity contribution in [1.29, 1.82) is 0 Å². The molecule has 0 saturated carbocycles. The number of aliphatic hydroxyl groups is 1. The van der Waals surface area contributed by atoms with Gasteiger partial charge in [0.1, 0.15) is 0 Å². The van der Waals surface area contributed by atoms with E-state index in [-0.39, 0.29) is 12.5 Å². The van der Waals surface area contributed by atoms with E-state index < -0.39 is 0 Å². The number of aromatic nitrogens is 1. The standard InChI is InChI=1S/C10H17NOS/c1-7(2)4-10-11-9(6-13-10)8(3)5-12/h6-8,12H,4-5H2,1-3H3. The van der Waals surface area contributed by atoms with Gasteiger partial charge in [0.15, 0.2) is 0 Å². The van der Waals surface area contributed by atoms with Crippen molar-refractivity contribution in [2.24, 2.45) is 5.92 Å². The molecule has 0 radical (unpaired) electrons. The smallest absolute Gasteiger partial charge is 0.0930 e. The molecular formula is C10H17NOS. The van der Waals surface area contributed by atoms with Crippen LogP contribution in [0.3, 0.4) is 0 Å². The van der Waals surface area contributed by atoms with E-state index in [2.05, 4.69) is 24.2 Å². The third-order valence-corrected chi connectivity index (χ3v) is 2.82. The number of rotatable bonds is 4. The minimum absolute atomic E-state index is 0.178. The SMILES string of the molecule is CC(C)Cc1nc(C(C)CO)cs1. The monoisotopic (exact) mass is 199 g/mol. The van der Waals surface area contributed by atoms with Crippen LogP contribution >= 0.6 is 11.3 Å². The van der Waals surface area contributed by atoms with E-state index in [1.54, 1.807) is 11.3 Å². The van der Waals surface area contributed by atoms with Crippen LogP contribution < -0.4 is 0 Å². The Morgan fingerprint density at radius 3 is 2.69 bits per heavy atom. The minimum atomic E-state index is 0.178. The largest absolute Gasteiger partial charge is 0.396 e. The molecule has 0 spiro atoms. The van der Waals surface area contributed by atoms with Gasteiger partial charge in [0.25, 0.3) is 0 Å². The highest BCUT2D eigenvalue weighted by Gasteiger charge is 2.09. The van der Waals surface area contributed by atoms with Crippen molar-refractivity contribution < 1.29 is 5.11 Å². The van der Waals surface area contributed by atoms with Gasteiger partial charge < -0.3 is 5.11 Å². The van der Waals surface area contributed by atoms with Crippen molar-refractivity contribution in [2.45, 2.75) is 33.1 Å². The highest BCUT2D eigenvalue weighted by molar-refractivity contribution is 7.09. The molecule has 0 saturated heterocycles. The summed E-state index contributed by atoms with van der Waals surface area (Å²) in [5, 5.41) is 12.2. The Hall–Kier alpha value is -0.410. The molecule has 0 aliphatic heterocycles. The van der Waals surface area contributed by atoms with Crippen molar-refractivity contribution in [3.05, 3.63) is 16.1 Å². The topological polar surface area (TPSA) is 33.1 Å². The average Bonchev–Trinajstić information content (AvgIpc) is 2.50. The van der Waals surface area contributed by atoms with E-state index in [1.807, 2.05) is 6.92 Å². The molecule has 1 aromatic heterocycles. The Morgan fingerprint density at radius 1 is 1.46 bits per heavy atom. The van der Waals surface area contributed by atoms with Crippen LogP contribution in [0.2, 0.25) is 0 Å². The highest BCUT2D eigenvalue weighted by Crippen LogP contribution is 2.19. The lowest BCUT2D eigenvalue weighted by atomic mass is 10.1. The van der Waals surface area contributed by atoms with Gasteiger partial charge in [0.05, 0.1) is 17.3 Å². The van der Waals surface area contributed by atoms with E-state index >= 15 is 0 Å². The van der Waals surface area contributed by atoms with Crippen LogP contribution in [0, 0.1) is 5.92 Å². The molecule has 0 aliphatic carbocycles. The first-order valence-electron chi connectivity index (χ1n) is 4.68. The molecule has 0 bridgehead atoms. The summed E-state index contributed by atoms with van der Waals surface area (Å²) in [4.78, 5) is 4.48. The lowest BCUT2D eigenvalue weighted by molar-refractivity contribution is 0.271. The number of aliphatic hydroxyl groups excluding tert-OH is 1. The van der Waals surface area contributed by atoms with Gasteiger partial charge in [0.2, 0.25) is 0 Å². The van der Waals surface area contributed by atoms with Gasteiger partial charge in [-0.3, -0.25) is 0 Å². The van der Waals surface area contributed by atoms with Gasteiger partial charge >= 0.3 is 0 Å². The zero-order valence-electron chi connectivity index (χ0n) is 8.45. The summed E-state index contributed by atoms with van der Waals surface area (Å²) in [6, 6.07) is 0. The first-order valence-corrected chi connectivity index (χ1v) is 5.56. The molecule has 0 amide bonds. The van der Waals surface area contributed by atoms with Gasteiger partial charge in [-0.15, -0.1) is 11.3 Å². The fourth-order valence-electron chi connectivity index (χ4n) is 1.09. The zero-order chi connectivity index (χ0) is 9.84. The zero-order valence-corrected chi connectivity index (χ0v) is 9.27. The maximum atomic E-state index is 8.94. The van der Waals surface area contributed by atoms with Gasteiger partial charge in [-0.1, -0.05) is 20.8 Å². The Balaban J connectivity index is 2.63. The van der Waals surface area contributed by atoms with Gasteiger partial charge in [0, 0.05) is 17.7 Å². The highest BCUT2D eigenvalue weighted by atomic mass is 32.1. The minimum Gasteiger partial charge on any atom is -0.396 e. The number of thiazole rings is 1. The van der Waals surface area contributed by atoms with Crippen molar-refractivity contribution in [3.8, 4) is 0 Å². The summed E-state index contributed by atoms with van der Waals surface area (Å²) in [6.07, 6.45) is 1.04. The lowest BCUT2D eigenvalue weighted by Gasteiger charge is -2.02. The van der Waals surface area contributed by atoms with Crippen LogP contribution in [0.5, 0.6) is 0 Å². The molecule has 1 unspecified atom stereocenters. The third kappa shape index (κ3) is 3.08. The van der Waals surface area contributed by atoms with Gasteiger partial charge in [-0.25, -0.2) is 4.98 Å². The molecule has 0 aromatic carbocycles. The first-order chi connectivity index (χ1) is 6.13. The van der Waals surface area contributed by atoms with Crippen molar-refractivity contribution in [2.75, 3.05) is 6.61 Å². The van der Waals surface area contributed by atoms with Crippen molar-refractivity contribution in [1.82, 2.24) is 4.98 Å². The van der Waals surface area contributed by atoms with Gasteiger partial charge in [-0.2, -0.15) is 0 Å². The van der Waals surface area contributed by atoms with E-state index in [0.717, 1.165) is 12.1 Å². The number of hydrogen-bond acceptors (Lipinski definition) is 3. The molecule has 1 atom stereocenters. The van der Waals surface area contributed by atoms with Crippen LogP contribution in [-0.2, 0) is 6.42 Å². The summed E-state index contributed by atoms with van der Waals surface area (Å²) >= 11 is 1.70. The Kier molecular flexibility index (Phi) is 3.88. The third-order valence-electron chi connectivity index (χ3n) is 1.93. The van der Waals surface area contributed by atoms with Gasteiger partial charge in [-0.05, 0) is 5.92 Å². The van der Waals surface area contributed by atoms with Crippen LogP contribution in [0.25, 0.3) is 0 Å². The second-order valence-corrected chi connectivity index (χ2v) is 4.79. The molecule has 3 heteroatoms. The maximum Gasteiger partial charge on any atom is 0.0930 e. The summed E-state index contributed by atoms with van der Waals surface area (Å²) < 4.78 is 0. The van der Waals surface area contributed by atoms with E-state index in [9.17, 15) is 0 Å². The van der Waals surface area contributed by atoms with Crippen molar-refractivity contribution >= 4 is 11.3 Å². The van der Waals surface area contributed by atoms with E-state index in [1.165, 1.54) is 5.01 Å². The lowest BCUT2D eigenvalue weighted by Crippen LogP contribution is -2.00. The molecule has 0 aliphatic rings. The first kappa shape index (κ1) is 10.7. The predicted octanol–water partition coefficient (Wildman–Crippen LogP) is 2.44. The summed E-state index contributed by atoms with van der Waals surface area (Å²) in [6.45, 7) is 6.56. The maximum absolute atomic E-state index is 8.94.